The number of hydrogen-bond donors (Lipinski definition) is 2. The van der Waals surface area contributed by atoms with Crippen molar-refractivity contribution in [1.82, 2.24) is 20.2 Å². The van der Waals surface area contributed by atoms with Gasteiger partial charge in [0.1, 0.15) is 6.61 Å². The predicted molar refractivity (Wildman–Crippen MR) is 96.9 cm³/mol. The maximum Gasteiger partial charge on any atom is 0.411 e. The molecule has 0 saturated heterocycles. The van der Waals surface area contributed by atoms with E-state index in [1.807, 2.05) is 0 Å². The lowest BCUT2D eigenvalue weighted by molar-refractivity contribution is -0.718. The molecule has 1 saturated carbocycles. The van der Waals surface area contributed by atoms with E-state index in [0.29, 0.717) is 17.3 Å². The van der Waals surface area contributed by atoms with Gasteiger partial charge in [0.05, 0.1) is 13.6 Å². The fraction of sp³-hybridized carbons (Fsp3) is 0.529. The average Bonchev–Trinajstić information content (AvgIpc) is 3.13. The Kier molecular flexibility index (Phi) is 6.05. The van der Waals surface area contributed by atoms with Crippen molar-refractivity contribution >= 4 is 23.4 Å². The zero-order valence-corrected chi connectivity index (χ0v) is 15.6. The summed E-state index contributed by atoms with van der Waals surface area (Å²) in [6.07, 6.45) is 5.21. The second-order valence-corrected chi connectivity index (χ2v) is 6.94. The monoisotopic (exact) mass is 379 g/mol. The topological polar surface area (TPSA) is 98.5 Å². The van der Waals surface area contributed by atoms with Crippen molar-refractivity contribution in [3.05, 3.63) is 35.1 Å². The lowest BCUT2D eigenvalue weighted by Gasteiger charge is -2.32. The molecule has 1 amide bonds. The van der Waals surface area contributed by atoms with Gasteiger partial charge in [0.15, 0.2) is 5.54 Å². The van der Waals surface area contributed by atoms with E-state index in [0.717, 1.165) is 18.7 Å². The normalized spacial score (nSPS) is 16.2. The standard InChI is InChI=1S/C17H23ClN6O2/c1-19-17(9-3-2-4-10-17)15-21-22-23-24(15)11-12-26-16(25)20-14-7-5-13(18)6-8-14/h5-8,19H,2-4,9-12H2,1H3,(H,20,25)/p+1. The van der Waals surface area contributed by atoms with Crippen LogP contribution in [-0.4, -0.2) is 40.0 Å². The number of nitrogens with two attached hydrogens (primary N) is 1. The Bertz CT molecular complexity index is 727. The van der Waals surface area contributed by atoms with Crippen molar-refractivity contribution < 1.29 is 14.8 Å². The number of nitrogens with zero attached hydrogens (tertiary/aromatic N) is 4. The number of nitrogens with one attached hydrogen (secondary N) is 1. The number of halogens is 1. The van der Waals surface area contributed by atoms with Gasteiger partial charge in [-0.05, 0) is 47.5 Å². The summed E-state index contributed by atoms with van der Waals surface area (Å²) in [5.41, 5.74) is 0.553. The van der Waals surface area contributed by atoms with Crippen LogP contribution < -0.4 is 10.6 Å². The van der Waals surface area contributed by atoms with Crippen LogP contribution in [0, 0.1) is 0 Å². The van der Waals surface area contributed by atoms with Gasteiger partial charge >= 0.3 is 6.09 Å². The van der Waals surface area contributed by atoms with Gasteiger partial charge in [0.25, 0.3) is 0 Å². The molecule has 0 spiro atoms. The summed E-state index contributed by atoms with van der Waals surface area (Å²) >= 11 is 5.82. The minimum Gasteiger partial charge on any atom is -0.447 e. The third-order valence-electron chi connectivity index (χ3n) is 4.90. The van der Waals surface area contributed by atoms with Crippen LogP contribution in [0.15, 0.2) is 24.3 Å². The summed E-state index contributed by atoms with van der Waals surface area (Å²) in [5.74, 6) is 0.862. The SMILES string of the molecule is C[NH2+]C1(c2nnnn2CCOC(=O)Nc2ccc(Cl)cc2)CCCCC1. The Hall–Kier alpha value is -2.19. The molecule has 0 bridgehead atoms. The van der Waals surface area contributed by atoms with E-state index >= 15 is 0 Å². The van der Waals surface area contributed by atoms with Gasteiger partial charge in [-0.1, -0.05) is 18.0 Å². The first-order chi connectivity index (χ1) is 12.6. The maximum absolute atomic E-state index is 11.9. The Morgan fingerprint density at radius 1 is 1.31 bits per heavy atom. The number of hydrogen-bond acceptors (Lipinski definition) is 5. The van der Waals surface area contributed by atoms with E-state index in [1.165, 1.54) is 19.3 Å². The highest BCUT2D eigenvalue weighted by molar-refractivity contribution is 6.30. The highest BCUT2D eigenvalue weighted by atomic mass is 35.5. The Labute approximate surface area is 157 Å². The van der Waals surface area contributed by atoms with Gasteiger partial charge in [-0.2, -0.15) is 0 Å². The van der Waals surface area contributed by atoms with Crippen molar-refractivity contribution in [2.45, 2.75) is 44.2 Å². The first kappa shape index (κ1) is 18.6. The number of quaternary nitrogens is 1. The summed E-state index contributed by atoms with van der Waals surface area (Å²) < 4.78 is 7.00. The molecule has 0 radical (unpaired) electrons. The largest absolute Gasteiger partial charge is 0.447 e. The van der Waals surface area contributed by atoms with Gasteiger partial charge in [0, 0.05) is 23.6 Å². The minimum absolute atomic E-state index is 0.0761. The van der Waals surface area contributed by atoms with Crippen molar-refractivity contribution in [2.75, 3.05) is 19.0 Å². The molecule has 3 N–H and O–H groups in total. The molecule has 26 heavy (non-hydrogen) atoms. The van der Waals surface area contributed by atoms with Gasteiger partial charge in [-0.25, -0.2) is 9.48 Å². The number of amides is 1. The van der Waals surface area contributed by atoms with Crippen molar-refractivity contribution in [3.8, 4) is 0 Å². The summed E-state index contributed by atoms with van der Waals surface area (Å²) in [7, 11) is 2.07. The van der Waals surface area contributed by atoms with Crippen LogP contribution in [-0.2, 0) is 16.8 Å². The second-order valence-electron chi connectivity index (χ2n) is 6.50. The number of rotatable bonds is 6. The molecular formula is C17H24ClN6O2+. The zero-order chi connectivity index (χ0) is 18.4. The Morgan fingerprint density at radius 2 is 2.04 bits per heavy atom. The number of ether oxygens (including phenoxy) is 1. The average molecular weight is 380 g/mol. The van der Waals surface area contributed by atoms with Crippen molar-refractivity contribution in [3.63, 3.8) is 0 Å². The Morgan fingerprint density at radius 3 is 2.73 bits per heavy atom. The fourth-order valence-electron chi connectivity index (χ4n) is 3.45. The Balaban J connectivity index is 1.55. The lowest BCUT2D eigenvalue weighted by Crippen LogP contribution is -2.92. The van der Waals surface area contributed by atoms with Crippen LogP contribution in [0.3, 0.4) is 0 Å². The molecular weight excluding hydrogens is 356 g/mol. The van der Waals surface area contributed by atoms with E-state index in [-0.39, 0.29) is 12.1 Å². The quantitative estimate of drug-likeness (QED) is 0.799. The lowest BCUT2D eigenvalue weighted by atomic mass is 9.81. The molecule has 2 aromatic rings. The molecule has 1 aromatic heterocycles. The van der Waals surface area contributed by atoms with Crippen LogP contribution >= 0.6 is 11.6 Å². The third kappa shape index (κ3) is 4.31. The van der Waals surface area contributed by atoms with E-state index in [4.69, 9.17) is 16.3 Å². The molecule has 1 fully saturated rings. The highest BCUT2D eigenvalue weighted by Gasteiger charge is 2.41. The van der Waals surface area contributed by atoms with E-state index in [2.05, 4.69) is 33.2 Å². The summed E-state index contributed by atoms with van der Waals surface area (Å²) in [4.78, 5) is 11.9. The van der Waals surface area contributed by atoms with E-state index in [9.17, 15) is 4.79 Å². The maximum atomic E-state index is 11.9. The van der Waals surface area contributed by atoms with Gasteiger partial charge in [0.2, 0.25) is 5.82 Å². The van der Waals surface area contributed by atoms with Crippen LogP contribution in [0.25, 0.3) is 0 Å². The minimum atomic E-state index is -0.517. The number of benzene rings is 1. The molecule has 1 heterocycles. The second kappa shape index (κ2) is 8.46. The third-order valence-corrected chi connectivity index (χ3v) is 5.15. The molecule has 1 aliphatic rings. The predicted octanol–water partition coefficient (Wildman–Crippen LogP) is 1.93. The van der Waals surface area contributed by atoms with Crippen molar-refractivity contribution in [1.29, 1.82) is 0 Å². The molecule has 8 nitrogen and oxygen atoms in total. The number of tetrazole rings is 1. The molecule has 1 aliphatic carbocycles. The van der Waals surface area contributed by atoms with Crippen LogP contribution in [0.4, 0.5) is 10.5 Å². The molecule has 0 unspecified atom stereocenters. The van der Waals surface area contributed by atoms with Gasteiger partial charge in [-0.15, -0.1) is 5.10 Å². The summed E-state index contributed by atoms with van der Waals surface area (Å²) in [5, 5.41) is 17.7. The van der Waals surface area contributed by atoms with Crippen LogP contribution in [0.1, 0.15) is 37.9 Å². The van der Waals surface area contributed by atoms with Gasteiger partial charge < -0.3 is 10.1 Å². The first-order valence-electron chi connectivity index (χ1n) is 8.89. The van der Waals surface area contributed by atoms with E-state index < -0.39 is 6.09 Å². The molecule has 0 atom stereocenters. The van der Waals surface area contributed by atoms with Crippen molar-refractivity contribution in [2.24, 2.45) is 0 Å². The number of carbonyl (C=O) groups is 1. The molecule has 1 aromatic carbocycles. The smallest absolute Gasteiger partial charge is 0.411 e. The zero-order valence-electron chi connectivity index (χ0n) is 14.8. The molecule has 140 valence electrons. The summed E-state index contributed by atoms with van der Waals surface area (Å²) in [6.45, 7) is 0.614. The molecule has 9 heteroatoms. The van der Waals surface area contributed by atoms with E-state index in [1.54, 1.807) is 28.9 Å². The molecule has 3 rings (SSSR count). The van der Waals surface area contributed by atoms with Crippen LogP contribution in [0.5, 0.6) is 0 Å². The van der Waals surface area contributed by atoms with Gasteiger partial charge in [-0.3, -0.25) is 5.32 Å². The fourth-order valence-corrected chi connectivity index (χ4v) is 3.57. The highest BCUT2D eigenvalue weighted by Crippen LogP contribution is 2.32. The number of carbonyl (C=O) groups excluding carboxylic acids is 1. The number of aromatic nitrogens is 4. The molecule has 0 aliphatic heterocycles. The number of anilines is 1. The summed E-state index contributed by atoms with van der Waals surface area (Å²) in [6, 6.07) is 6.84. The first-order valence-corrected chi connectivity index (χ1v) is 9.27. The van der Waals surface area contributed by atoms with Crippen LogP contribution in [0.2, 0.25) is 5.02 Å².